The summed E-state index contributed by atoms with van der Waals surface area (Å²) in [5.74, 6) is 0. The van der Waals surface area contributed by atoms with Crippen molar-refractivity contribution in [1.29, 1.82) is 0 Å². The van der Waals surface area contributed by atoms with Crippen LogP contribution >= 0.6 is 11.3 Å². The van der Waals surface area contributed by atoms with E-state index in [1.807, 2.05) is 37.6 Å². The maximum Gasteiger partial charge on any atom is 0.315 e. The molecule has 7 heteroatoms. The Bertz CT molecular complexity index is 541. The van der Waals surface area contributed by atoms with E-state index in [0.29, 0.717) is 6.54 Å². The van der Waals surface area contributed by atoms with Crippen molar-refractivity contribution < 1.29 is 4.79 Å². The van der Waals surface area contributed by atoms with E-state index in [-0.39, 0.29) is 11.6 Å². The third-order valence-electron chi connectivity index (χ3n) is 2.23. The number of carbonyl (C=O) groups excluding carboxylic acids is 1. The summed E-state index contributed by atoms with van der Waals surface area (Å²) < 4.78 is 1.69. The first-order valence-electron chi connectivity index (χ1n) is 5.94. The lowest BCUT2D eigenvalue weighted by atomic mass is 10.1. The standard InChI is InChI=1S/C12H17N5OS/c1-12(2,3)14-11(18)13-6-9-7-17(16-15-9)10-4-5-19-8-10/h4-5,7-8H,6H2,1-3H3,(H2,13,14,18). The van der Waals surface area contributed by atoms with Gasteiger partial charge in [-0.25, -0.2) is 9.48 Å². The normalized spacial score (nSPS) is 11.3. The highest BCUT2D eigenvalue weighted by Gasteiger charge is 2.13. The molecule has 0 saturated heterocycles. The van der Waals surface area contributed by atoms with E-state index in [1.54, 1.807) is 22.2 Å². The molecule has 0 aliphatic heterocycles. The largest absolute Gasteiger partial charge is 0.334 e. The Morgan fingerprint density at radius 3 is 2.89 bits per heavy atom. The lowest BCUT2D eigenvalue weighted by Gasteiger charge is -2.20. The monoisotopic (exact) mass is 279 g/mol. The fourth-order valence-corrected chi connectivity index (χ4v) is 2.07. The molecule has 0 saturated carbocycles. The zero-order valence-electron chi connectivity index (χ0n) is 11.2. The van der Waals surface area contributed by atoms with Crippen LogP contribution in [-0.2, 0) is 6.54 Å². The van der Waals surface area contributed by atoms with Gasteiger partial charge in [0.2, 0.25) is 0 Å². The van der Waals surface area contributed by atoms with Gasteiger partial charge in [-0.05, 0) is 32.2 Å². The Labute approximate surface area is 115 Å². The first-order chi connectivity index (χ1) is 8.94. The first kappa shape index (κ1) is 13.5. The predicted octanol–water partition coefficient (Wildman–Crippen LogP) is 1.93. The van der Waals surface area contributed by atoms with E-state index in [2.05, 4.69) is 20.9 Å². The third-order valence-corrected chi connectivity index (χ3v) is 2.90. The van der Waals surface area contributed by atoms with Crippen molar-refractivity contribution in [3.05, 3.63) is 28.7 Å². The second-order valence-corrected chi connectivity index (χ2v) is 5.97. The predicted molar refractivity (Wildman–Crippen MR) is 74.4 cm³/mol. The van der Waals surface area contributed by atoms with Crippen LogP contribution in [0.1, 0.15) is 26.5 Å². The van der Waals surface area contributed by atoms with Crippen molar-refractivity contribution in [1.82, 2.24) is 25.6 Å². The quantitative estimate of drug-likeness (QED) is 0.901. The van der Waals surface area contributed by atoms with Crippen molar-refractivity contribution in [2.45, 2.75) is 32.9 Å². The number of thiophene rings is 1. The molecule has 2 N–H and O–H groups in total. The second kappa shape index (κ2) is 5.40. The van der Waals surface area contributed by atoms with E-state index in [1.165, 1.54) is 0 Å². The summed E-state index contributed by atoms with van der Waals surface area (Å²) in [6, 6.07) is 1.75. The summed E-state index contributed by atoms with van der Waals surface area (Å²) in [6.07, 6.45) is 1.80. The number of urea groups is 1. The van der Waals surface area contributed by atoms with Crippen molar-refractivity contribution in [3.63, 3.8) is 0 Å². The molecule has 2 aromatic rings. The molecule has 2 rings (SSSR count). The smallest absolute Gasteiger partial charge is 0.315 e. The fraction of sp³-hybridized carbons (Fsp3) is 0.417. The third kappa shape index (κ3) is 4.06. The average Bonchev–Trinajstić information content (AvgIpc) is 2.95. The maximum atomic E-state index is 11.6. The van der Waals surface area contributed by atoms with Gasteiger partial charge in [0, 0.05) is 10.9 Å². The molecule has 0 aromatic carbocycles. The van der Waals surface area contributed by atoms with Crippen molar-refractivity contribution in [2.75, 3.05) is 0 Å². The number of hydrogen-bond donors (Lipinski definition) is 2. The Kier molecular flexibility index (Phi) is 3.84. The average molecular weight is 279 g/mol. The molecule has 0 spiro atoms. The highest BCUT2D eigenvalue weighted by atomic mass is 32.1. The van der Waals surface area contributed by atoms with Crippen molar-refractivity contribution in [3.8, 4) is 5.69 Å². The SMILES string of the molecule is CC(C)(C)NC(=O)NCc1cn(-c2ccsc2)nn1. The van der Waals surface area contributed by atoms with Crippen LogP contribution < -0.4 is 10.6 Å². The lowest BCUT2D eigenvalue weighted by Crippen LogP contribution is -2.46. The fourth-order valence-electron chi connectivity index (χ4n) is 1.45. The minimum absolute atomic E-state index is 0.211. The molecule has 0 atom stereocenters. The Morgan fingerprint density at radius 1 is 1.47 bits per heavy atom. The van der Waals surface area contributed by atoms with Crippen LogP contribution in [0, 0.1) is 0 Å². The molecule has 0 unspecified atom stereocenters. The first-order valence-corrected chi connectivity index (χ1v) is 6.88. The molecule has 6 nitrogen and oxygen atoms in total. The van der Waals surface area contributed by atoms with Gasteiger partial charge in [0.05, 0.1) is 18.4 Å². The summed E-state index contributed by atoms with van der Waals surface area (Å²) in [4.78, 5) is 11.6. The van der Waals surface area contributed by atoms with Crippen LogP contribution in [0.3, 0.4) is 0 Å². The van der Waals surface area contributed by atoms with Gasteiger partial charge >= 0.3 is 6.03 Å². The number of aromatic nitrogens is 3. The van der Waals surface area contributed by atoms with Crippen LogP contribution in [0.4, 0.5) is 4.79 Å². The number of rotatable bonds is 3. The molecule has 0 aliphatic carbocycles. The van der Waals surface area contributed by atoms with Crippen LogP contribution in [0.2, 0.25) is 0 Å². The van der Waals surface area contributed by atoms with Gasteiger partial charge in [0.1, 0.15) is 5.69 Å². The molecule has 2 heterocycles. The summed E-state index contributed by atoms with van der Waals surface area (Å²) in [6.45, 7) is 6.14. The molecule has 19 heavy (non-hydrogen) atoms. The molecule has 0 radical (unpaired) electrons. The molecule has 0 bridgehead atoms. The number of nitrogens with one attached hydrogen (secondary N) is 2. The van der Waals surface area contributed by atoms with Crippen LogP contribution in [0.25, 0.3) is 5.69 Å². The Hall–Kier alpha value is -1.89. The van der Waals surface area contributed by atoms with Crippen molar-refractivity contribution >= 4 is 17.4 Å². The minimum Gasteiger partial charge on any atom is -0.334 e. The van der Waals surface area contributed by atoms with E-state index in [4.69, 9.17) is 0 Å². The molecule has 0 fully saturated rings. The zero-order chi connectivity index (χ0) is 13.9. The van der Waals surface area contributed by atoms with E-state index < -0.39 is 0 Å². The van der Waals surface area contributed by atoms with E-state index in [9.17, 15) is 4.79 Å². The van der Waals surface area contributed by atoms with Gasteiger partial charge in [-0.15, -0.1) is 5.10 Å². The highest BCUT2D eigenvalue weighted by molar-refractivity contribution is 7.08. The molecule has 2 amide bonds. The minimum atomic E-state index is -0.252. The van der Waals surface area contributed by atoms with Crippen LogP contribution in [-0.4, -0.2) is 26.6 Å². The molecule has 0 aliphatic rings. The van der Waals surface area contributed by atoms with Gasteiger partial charge in [-0.3, -0.25) is 0 Å². The summed E-state index contributed by atoms with van der Waals surface area (Å²) in [5, 5.41) is 17.6. The topological polar surface area (TPSA) is 71.8 Å². The molecule has 102 valence electrons. The summed E-state index contributed by atoms with van der Waals surface area (Å²) in [7, 11) is 0. The van der Waals surface area contributed by atoms with Gasteiger partial charge in [0.15, 0.2) is 0 Å². The van der Waals surface area contributed by atoms with E-state index in [0.717, 1.165) is 11.4 Å². The Morgan fingerprint density at radius 2 is 2.26 bits per heavy atom. The maximum absolute atomic E-state index is 11.6. The summed E-state index contributed by atoms with van der Waals surface area (Å²) >= 11 is 1.60. The van der Waals surface area contributed by atoms with E-state index >= 15 is 0 Å². The van der Waals surface area contributed by atoms with Gasteiger partial charge in [0.25, 0.3) is 0 Å². The van der Waals surface area contributed by atoms with Gasteiger partial charge in [-0.1, -0.05) is 5.21 Å². The van der Waals surface area contributed by atoms with Gasteiger partial charge < -0.3 is 10.6 Å². The number of carbonyl (C=O) groups is 1. The van der Waals surface area contributed by atoms with Crippen LogP contribution in [0.5, 0.6) is 0 Å². The summed E-state index contributed by atoms with van der Waals surface area (Å²) in [5.41, 5.74) is 1.44. The molecular formula is C12H17N5OS. The Balaban J connectivity index is 1.89. The lowest BCUT2D eigenvalue weighted by molar-refractivity contribution is 0.231. The zero-order valence-corrected chi connectivity index (χ0v) is 12.0. The van der Waals surface area contributed by atoms with Gasteiger partial charge in [-0.2, -0.15) is 11.3 Å². The molecule has 2 aromatic heterocycles. The number of nitrogens with zero attached hydrogens (tertiary/aromatic N) is 3. The number of hydrogen-bond acceptors (Lipinski definition) is 4. The highest BCUT2D eigenvalue weighted by Crippen LogP contribution is 2.10. The van der Waals surface area contributed by atoms with Crippen LogP contribution in [0.15, 0.2) is 23.0 Å². The second-order valence-electron chi connectivity index (χ2n) is 5.19. The van der Waals surface area contributed by atoms with Crippen molar-refractivity contribution in [2.24, 2.45) is 0 Å². The molecular weight excluding hydrogens is 262 g/mol. The number of amides is 2.